The van der Waals surface area contributed by atoms with E-state index in [9.17, 15) is 14.0 Å². The summed E-state index contributed by atoms with van der Waals surface area (Å²) >= 11 is 0. The molecule has 26 heavy (non-hydrogen) atoms. The zero-order valence-corrected chi connectivity index (χ0v) is 15.0. The molecule has 2 N–H and O–H groups in total. The zero-order chi connectivity index (χ0) is 18.4. The highest BCUT2D eigenvalue weighted by Crippen LogP contribution is 2.19. The van der Waals surface area contributed by atoms with Crippen LogP contribution in [0.25, 0.3) is 0 Å². The normalized spacial score (nSPS) is 21.4. The molecule has 6 nitrogen and oxygen atoms in total. The standard InChI is InChI=1S/C19H27FN4O2/c20-17-5-3-15(4-6-17)19(26)24-10-1-2-16(14-24)18(25)22-9-13-23-11-7-21-8-12-23/h3-6,16,21H,1-2,7-14H2,(H,22,25). The lowest BCUT2D eigenvalue weighted by atomic mass is 9.96. The van der Waals surface area contributed by atoms with Crippen LogP contribution >= 0.6 is 0 Å². The van der Waals surface area contributed by atoms with Crippen molar-refractivity contribution in [3.8, 4) is 0 Å². The molecule has 0 aliphatic carbocycles. The van der Waals surface area contributed by atoms with E-state index < -0.39 is 0 Å². The van der Waals surface area contributed by atoms with Gasteiger partial charge in [0.1, 0.15) is 5.82 Å². The van der Waals surface area contributed by atoms with E-state index in [2.05, 4.69) is 15.5 Å². The summed E-state index contributed by atoms with van der Waals surface area (Å²) in [4.78, 5) is 29.1. The minimum absolute atomic E-state index is 0.0248. The minimum atomic E-state index is -0.359. The summed E-state index contributed by atoms with van der Waals surface area (Å²) in [6.45, 7) is 6.59. The van der Waals surface area contributed by atoms with Gasteiger partial charge >= 0.3 is 0 Å². The second kappa shape index (κ2) is 9.09. The SMILES string of the molecule is O=C(NCCN1CCNCC1)C1CCCN(C(=O)c2ccc(F)cc2)C1. The Balaban J connectivity index is 1.46. The van der Waals surface area contributed by atoms with Crippen molar-refractivity contribution in [2.45, 2.75) is 12.8 Å². The van der Waals surface area contributed by atoms with Gasteiger partial charge in [-0.15, -0.1) is 0 Å². The van der Waals surface area contributed by atoms with E-state index in [1.807, 2.05) is 0 Å². The van der Waals surface area contributed by atoms with E-state index in [0.717, 1.165) is 45.6 Å². The Morgan fingerprint density at radius 1 is 1.15 bits per heavy atom. The molecule has 1 atom stereocenters. The van der Waals surface area contributed by atoms with Gasteiger partial charge in [-0.2, -0.15) is 0 Å². The van der Waals surface area contributed by atoms with Crippen molar-refractivity contribution in [2.75, 3.05) is 52.4 Å². The number of amides is 2. The van der Waals surface area contributed by atoms with Crippen LogP contribution in [0.3, 0.4) is 0 Å². The summed E-state index contributed by atoms with van der Waals surface area (Å²) in [6.07, 6.45) is 1.61. The minimum Gasteiger partial charge on any atom is -0.355 e. The number of rotatable bonds is 5. The zero-order valence-electron chi connectivity index (χ0n) is 15.0. The molecule has 2 aliphatic rings. The highest BCUT2D eigenvalue weighted by atomic mass is 19.1. The van der Waals surface area contributed by atoms with Crippen LogP contribution in [0.1, 0.15) is 23.2 Å². The molecule has 2 aliphatic heterocycles. The molecule has 1 aromatic rings. The number of carbonyl (C=O) groups is 2. The van der Waals surface area contributed by atoms with Crippen molar-refractivity contribution < 1.29 is 14.0 Å². The number of piperidine rings is 1. The fourth-order valence-corrected chi connectivity index (χ4v) is 3.57. The highest BCUT2D eigenvalue weighted by molar-refractivity contribution is 5.94. The van der Waals surface area contributed by atoms with Gasteiger partial charge in [0.2, 0.25) is 5.91 Å². The summed E-state index contributed by atoms with van der Waals surface area (Å²) in [7, 11) is 0. The van der Waals surface area contributed by atoms with Gasteiger partial charge in [0.05, 0.1) is 5.92 Å². The molecule has 3 rings (SSSR count). The summed E-state index contributed by atoms with van der Waals surface area (Å²) in [6, 6.07) is 5.57. The topological polar surface area (TPSA) is 64.7 Å². The summed E-state index contributed by atoms with van der Waals surface area (Å²) in [5, 5.41) is 6.33. The molecule has 142 valence electrons. The maximum absolute atomic E-state index is 13.0. The number of piperazine rings is 1. The van der Waals surface area contributed by atoms with E-state index in [0.29, 0.717) is 25.2 Å². The Hall–Kier alpha value is -1.99. The number of benzene rings is 1. The lowest BCUT2D eigenvalue weighted by molar-refractivity contribution is -0.126. The Morgan fingerprint density at radius 2 is 1.88 bits per heavy atom. The molecule has 7 heteroatoms. The third-order valence-corrected chi connectivity index (χ3v) is 5.11. The lowest BCUT2D eigenvalue weighted by Gasteiger charge is -2.32. The second-order valence-corrected chi connectivity index (χ2v) is 6.98. The van der Waals surface area contributed by atoms with Gasteiger partial charge in [-0.25, -0.2) is 4.39 Å². The number of hydrogen-bond acceptors (Lipinski definition) is 4. The molecule has 2 amide bonds. The predicted molar refractivity (Wildman–Crippen MR) is 97.3 cm³/mol. The quantitative estimate of drug-likeness (QED) is 0.809. The van der Waals surface area contributed by atoms with Crippen LogP contribution in [0.15, 0.2) is 24.3 Å². The van der Waals surface area contributed by atoms with Crippen LogP contribution in [0.2, 0.25) is 0 Å². The Labute approximate surface area is 153 Å². The van der Waals surface area contributed by atoms with E-state index in [1.165, 1.54) is 24.3 Å². The molecule has 0 saturated carbocycles. The van der Waals surface area contributed by atoms with Gasteiger partial charge < -0.3 is 15.5 Å². The number of nitrogens with one attached hydrogen (secondary N) is 2. The fraction of sp³-hybridized carbons (Fsp3) is 0.579. The average Bonchev–Trinajstić information content (AvgIpc) is 2.69. The molecule has 0 radical (unpaired) electrons. The first-order chi connectivity index (χ1) is 12.6. The van der Waals surface area contributed by atoms with Crippen LogP contribution in [0.5, 0.6) is 0 Å². The number of halogens is 1. The molecular weight excluding hydrogens is 335 g/mol. The Bertz CT molecular complexity index is 616. The monoisotopic (exact) mass is 362 g/mol. The molecule has 2 fully saturated rings. The predicted octanol–water partition coefficient (Wildman–Crippen LogP) is 0.699. The third kappa shape index (κ3) is 5.02. The second-order valence-electron chi connectivity index (χ2n) is 6.98. The molecule has 2 heterocycles. The molecule has 2 saturated heterocycles. The van der Waals surface area contributed by atoms with Crippen molar-refractivity contribution in [1.82, 2.24) is 20.4 Å². The number of hydrogen-bond donors (Lipinski definition) is 2. The van der Waals surface area contributed by atoms with E-state index in [4.69, 9.17) is 0 Å². The van der Waals surface area contributed by atoms with Crippen LogP contribution in [-0.4, -0.2) is 74.0 Å². The van der Waals surface area contributed by atoms with Crippen LogP contribution in [-0.2, 0) is 4.79 Å². The maximum atomic E-state index is 13.0. The molecule has 0 spiro atoms. The third-order valence-electron chi connectivity index (χ3n) is 5.11. The van der Waals surface area contributed by atoms with Gasteiger partial charge in [0.15, 0.2) is 0 Å². The highest BCUT2D eigenvalue weighted by Gasteiger charge is 2.28. The van der Waals surface area contributed by atoms with E-state index in [1.54, 1.807) is 4.90 Å². The van der Waals surface area contributed by atoms with Crippen molar-refractivity contribution >= 4 is 11.8 Å². The molecule has 1 unspecified atom stereocenters. The van der Waals surface area contributed by atoms with Gasteiger partial charge in [-0.3, -0.25) is 14.5 Å². The largest absolute Gasteiger partial charge is 0.355 e. The number of carbonyl (C=O) groups excluding carboxylic acids is 2. The Kier molecular flexibility index (Phi) is 6.57. The molecule has 0 aromatic heterocycles. The average molecular weight is 362 g/mol. The molecular formula is C19H27FN4O2. The van der Waals surface area contributed by atoms with Gasteiger partial charge in [0.25, 0.3) is 5.91 Å². The van der Waals surface area contributed by atoms with E-state index >= 15 is 0 Å². The first-order valence-electron chi connectivity index (χ1n) is 9.39. The fourth-order valence-electron chi connectivity index (χ4n) is 3.57. The number of likely N-dealkylation sites (tertiary alicyclic amines) is 1. The maximum Gasteiger partial charge on any atom is 0.253 e. The summed E-state index contributed by atoms with van der Waals surface area (Å²) in [5.41, 5.74) is 0.464. The van der Waals surface area contributed by atoms with Crippen molar-refractivity contribution in [1.29, 1.82) is 0 Å². The number of nitrogens with zero attached hydrogens (tertiary/aromatic N) is 2. The molecule has 0 bridgehead atoms. The summed E-state index contributed by atoms with van der Waals surface area (Å²) in [5.74, 6) is -0.641. The first kappa shape index (κ1) is 18.8. The summed E-state index contributed by atoms with van der Waals surface area (Å²) < 4.78 is 13.0. The van der Waals surface area contributed by atoms with Crippen LogP contribution in [0.4, 0.5) is 4.39 Å². The van der Waals surface area contributed by atoms with Gasteiger partial charge in [-0.05, 0) is 37.1 Å². The smallest absolute Gasteiger partial charge is 0.253 e. The van der Waals surface area contributed by atoms with Crippen molar-refractivity contribution in [3.63, 3.8) is 0 Å². The van der Waals surface area contributed by atoms with Gasteiger partial charge in [-0.1, -0.05) is 0 Å². The van der Waals surface area contributed by atoms with Crippen LogP contribution < -0.4 is 10.6 Å². The van der Waals surface area contributed by atoms with Gasteiger partial charge in [0, 0.05) is 57.9 Å². The van der Waals surface area contributed by atoms with Crippen molar-refractivity contribution in [3.05, 3.63) is 35.6 Å². The van der Waals surface area contributed by atoms with Crippen molar-refractivity contribution in [2.24, 2.45) is 5.92 Å². The lowest BCUT2D eigenvalue weighted by Crippen LogP contribution is -2.48. The van der Waals surface area contributed by atoms with Crippen LogP contribution in [0, 0.1) is 11.7 Å². The molecule has 1 aromatic carbocycles. The van der Waals surface area contributed by atoms with E-state index in [-0.39, 0.29) is 23.5 Å². The first-order valence-corrected chi connectivity index (χ1v) is 9.39. The Morgan fingerprint density at radius 3 is 2.62 bits per heavy atom.